The van der Waals surface area contributed by atoms with Crippen LogP contribution in [0, 0.1) is 0 Å². The molecule has 0 radical (unpaired) electrons. The monoisotopic (exact) mass is 426 g/mol. The first-order chi connectivity index (χ1) is 14.0. The van der Waals surface area contributed by atoms with Gasteiger partial charge in [0.15, 0.2) is 18.3 Å². The average Bonchev–Trinajstić information content (AvgIpc) is 2.60. The van der Waals surface area contributed by atoms with Crippen LogP contribution in [-0.2, 0) is 47.7 Å². The molecule has 0 saturated carbocycles. The number of esters is 5. The molecule has 0 fully saturated rings. The number of ether oxygens (including phenoxy) is 5. The predicted octanol–water partition coefficient (Wildman–Crippen LogP) is 1.16. The molecule has 0 aliphatic carbocycles. The van der Waals surface area contributed by atoms with E-state index >= 15 is 0 Å². The van der Waals surface area contributed by atoms with Crippen LogP contribution in [0.15, 0.2) is 24.3 Å². The first-order valence-corrected chi connectivity index (χ1v) is 9.24. The number of hydrogen-bond donors (Lipinski definition) is 0. The van der Waals surface area contributed by atoms with Gasteiger partial charge in [-0.3, -0.25) is 19.2 Å². The van der Waals surface area contributed by atoms with Crippen LogP contribution in [0.5, 0.6) is 0 Å². The quantitative estimate of drug-likeness (QED) is 0.300. The van der Waals surface area contributed by atoms with Gasteiger partial charge in [-0.15, -0.1) is 0 Å². The van der Waals surface area contributed by atoms with Crippen molar-refractivity contribution in [3.05, 3.63) is 24.3 Å². The van der Waals surface area contributed by atoms with Gasteiger partial charge in [0.05, 0.1) is 0 Å². The van der Waals surface area contributed by atoms with E-state index < -0.39 is 60.4 Å². The van der Waals surface area contributed by atoms with Crippen molar-refractivity contribution in [2.75, 3.05) is 0 Å². The number of cyclic esters (lactones) is 1. The van der Waals surface area contributed by atoms with Gasteiger partial charge in [-0.05, 0) is 19.1 Å². The summed E-state index contributed by atoms with van der Waals surface area (Å²) in [5, 5.41) is 0. The summed E-state index contributed by atoms with van der Waals surface area (Å²) in [7, 11) is 0. The minimum atomic E-state index is -1.34. The first-order valence-electron chi connectivity index (χ1n) is 9.24. The van der Waals surface area contributed by atoms with E-state index in [0.717, 1.165) is 27.7 Å². The Balaban J connectivity index is 3.26. The second-order valence-electron chi connectivity index (χ2n) is 6.54. The molecular weight excluding hydrogens is 400 g/mol. The van der Waals surface area contributed by atoms with Crippen molar-refractivity contribution < 1.29 is 47.7 Å². The van der Waals surface area contributed by atoms with E-state index in [4.69, 9.17) is 23.7 Å². The second kappa shape index (κ2) is 11.7. The first kappa shape index (κ1) is 24.9. The molecule has 0 amide bonds. The molecular formula is C20H26O10. The van der Waals surface area contributed by atoms with Gasteiger partial charge in [-0.2, -0.15) is 0 Å². The predicted molar refractivity (Wildman–Crippen MR) is 101 cm³/mol. The summed E-state index contributed by atoms with van der Waals surface area (Å²) in [5.41, 5.74) is 0. The van der Waals surface area contributed by atoms with Crippen LogP contribution in [-0.4, -0.2) is 60.4 Å². The van der Waals surface area contributed by atoms with Crippen LogP contribution < -0.4 is 0 Å². The summed E-state index contributed by atoms with van der Waals surface area (Å²) >= 11 is 0. The Bertz CT molecular complexity index is 723. The Labute approximate surface area is 174 Å². The van der Waals surface area contributed by atoms with Crippen molar-refractivity contribution in [3.63, 3.8) is 0 Å². The van der Waals surface area contributed by atoms with E-state index in [1.54, 1.807) is 6.08 Å². The highest BCUT2D eigenvalue weighted by atomic mass is 16.6. The van der Waals surface area contributed by atoms with Crippen molar-refractivity contribution in [2.45, 2.75) is 71.6 Å². The zero-order valence-electron chi connectivity index (χ0n) is 17.5. The second-order valence-corrected chi connectivity index (χ2v) is 6.54. The fourth-order valence-electron chi connectivity index (χ4n) is 2.76. The molecule has 1 aliphatic heterocycles. The van der Waals surface area contributed by atoms with Gasteiger partial charge in [-0.1, -0.05) is 6.08 Å². The summed E-state index contributed by atoms with van der Waals surface area (Å²) in [4.78, 5) is 57.8. The molecule has 0 aromatic rings. The van der Waals surface area contributed by atoms with E-state index in [2.05, 4.69) is 0 Å². The molecule has 30 heavy (non-hydrogen) atoms. The number of carbonyl (C=O) groups is 5. The Kier molecular flexibility index (Phi) is 9.73. The van der Waals surface area contributed by atoms with Crippen LogP contribution in [0.3, 0.4) is 0 Å². The molecule has 10 nitrogen and oxygen atoms in total. The zero-order chi connectivity index (χ0) is 22.8. The molecule has 0 aromatic heterocycles. The maximum absolute atomic E-state index is 11.7. The van der Waals surface area contributed by atoms with Gasteiger partial charge < -0.3 is 23.7 Å². The molecule has 1 aliphatic rings. The highest BCUT2D eigenvalue weighted by Crippen LogP contribution is 2.21. The van der Waals surface area contributed by atoms with Gasteiger partial charge in [0.1, 0.15) is 12.2 Å². The van der Waals surface area contributed by atoms with E-state index in [0.29, 0.717) is 6.42 Å². The molecule has 10 heteroatoms. The highest BCUT2D eigenvalue weighted by molar-refractivity contribution is 5.83. The van der Waals surface area contributed by atoms with Crippen molar-refractivity contribution >= 4 is 29.8 Å². The molecule has 1 rings (SSSR count). The lowest BCUT2D eigenvalue weighted by Crippen LogP contribution is -2.50. The fraction of sp³-hybridized carbons (Fsp3) is 0.550. The lowest BCUT2D eigenvalue weighted by Gasteiger charge is -2.33. The topological polar surface area (TPSA) is 132 Å². The summed E-state index contributed by atoms with van der Waals surface area (Å²) in [6.07, 6.45) is 0.629. The zero-order valence-corrected chi connectivity index (χ0v) is 17.5. The molecule has 166 valence electrons. The summed E-state index contributed by atoms with van der Waals surface area (Å²) < 4.78 is 26.0. The van der Waals surface area contributed by atoms with E-state index in [-0.39, 0.29) is 0 Å². The standard InChI is InChI=1S/C20H26O10/c1-11(26-12(2)21)19(28-14(4)23)20(29-15(5)24)17(27-13(3)22)10-9-16-7-6-8-18(25)30-16/h6,8-11,16-17,19-20H,7H2,1-5H3/t11-,16+,17-,19-,20-/m0/s1. The maximum atomic E-state index is 11.7. The lowest BCUT2D eigenvalue weighted by molar-refractivity contribution is -0.193. The summed E-state index contributed by atoms with van der Waals surface area (Å²) in [5.74, 6) is -3.36. The van der Waals surface area contributed by atoms with Crippen molar-refractivity contribution in [2.24, 2.45) is 0 Å². The van der Waals surface area contributed by atoms with Crippen LogP contribution in [0.2, 0.25) is 0 Å². The minimum absolute atomic E-state index is 0.393. The average molecular weight is 426 g/mol. The Morgan fingerprint density at radius 1 is 0.933 bits per heavy atom. The number of carbonyl (C=O) groups excluding carboxylic acids is 5. The molecule has 5 atom stereocenters. The van der Waals surface area contributed by atoms with Gasteiger partial charge in [0.25, 0.3) is 0 Å². The Morgan fingerprint density at radius 3 is 1.97 bits per heavy atom. The van der Waals surface area contributed by atoms with Crippen LogP contribution in [0.1, 0.15) is 41.0 Å². The SMILES string of the molecule is CC(=O)O[C@H]([C@@H](OC(C)=O)[C@H](C=C[C@H]1CC=CC(=O)O1)OC(C)=O)[C@H](C)OC(C)=O. The van der Waals surface area contributed by atoms with Gasteiger partial charge in [0.2, 0.25) is 0 Å². The highest BCUT2D eigenvalue weighted by Gasteiger charge is 2.40. The van der Waals surface area contributed by atoms with Crippen molar-refractivity contribution in [1.29, 1.82) is 0 Å². The lowest BCUT2D eigenvalue weighted by atomic mass is 10.0. The van der Waals surface area contributed by atoms with Crippen LogP contribution >= 0.6 is 0 Å². The maximum Gasteiger partial charge on any atom is 0.331 e. The Hall–Kier alpha value is -3.17. The summed E-state index contributed by atoms with van der Waals surface area (Å²) in [6.45, 7) is 6.00. The summed E-state index contributed by atoms with van der Waals surface area (Å²) in [6, 6.07) is 0. The van der Waals surface area contributed by atoms with E-state index in [1.165, 1.54) is 25.2 Å². The molecule has 0 unspecified atom stereocenters. The molecule has 0 bridgehead atoms. The molecule has 0 aromatic carbocycles. The fourth-order valence-corrected chi connectivity index (χ4v) is 2.76. The third kappa shape index (κ3) is 8.89. The largest absolute Gasteiger partial charge is 0.459 e. The van der Waals surface area contributed by atoms with E-state index in [9.17, 15) is 24.0 Å². The van der Waals surface area contributed by atoms with Crippen molar-refractivity contribution in [3.8, 4) is 0 Å². The normalized spacial score (nSPS) is 19.8. The van der Waals surface area contributed by atoms with Crippen LogP contribution in [0.25, 0.3) is 0 Å². The molecule has 0 N–H and O–H groups in total. The molecule has 0 spiro atoms. The molecule has 0 saturated heterocycles. The third-order valence-corrected chi connectivity index (χ3v) is 3.77. The van der Waals surface area contributed by atoms with E-state index in [1.807, 2.05) is 0 Å². The minimum Gasteiger partial charge on any atom is -0.459 e. The van der Waals surface area contributed by atoms with Gasteiger partial charge in [-0.25, -0.2) is 4.79 Å². The number of rotatable bonds is 9. The van der Waals surface area contributed by atoms with Gasteiger partial charge in [0, 0.05) is 40.2 Å². The smallest absolute Gasteiger partial charge is 0.331 e. The van der Waals surface area contributed by atoms with Crippen LogP contribution in [0.4, 0.5) is 0 Å². The number of hydrogen-bond acceptors (Lipinski definition) is 10. The molecule has 1 heterocycles. The van der Waals surface area contributed by atoms with Crippen molar-refractivity contribution in [1.82, 2.24) is 0 Å². The Morgan fingerprint density at radius 2 is 1.47 bits per heavy atom. The van der Waals surface area contributed by atoms with Gasteiger partial charge >= 0.3 is 29.8 Å². The third-order valence-electron chi connectivity index (χ3n) is 3.77.